The zero-order valence-electron chi connectivity index (χ0n) is 15.9. The zero-order valence-corrected chi connectivity index (χ0v) is 17.5. The van der Waals surface area contributed by atoms with Crippen LogP contribution in [0.1, 0.15) is 17.2 Å². The number of nitro groups is 1. The molecule has 31 heavy (non-hydrogen) atoms. The quantitative estimate of drug-likeness (QED) is 0.187. The molecule has 154 valence electrons. The second-order valence-electron chi connectivity index (χ2n) is 6.86. The van der Waals surface area contributed by atoms with Gasteiger partial charge in [-0.25, -0.2) is 0 Å². The van der Waals surface area contributed by atoms with Gasteiger partial charge in [-0.05, 0) is 29.8 Å². The maximum absolute atomic E-state index is 13.0. The van der Waals surface area contributed by atoms with Crippen molar-refractivity contribution in [1.29, 1.82) is 0 Å². The van der Waals surface area contributed by atoms with Gasteiger partial charge in [-0.1, -0.05) is 58.4 Å². The van der Waals surface area contributed by atoms with E-state index < -0.39 is 22.7 Å². The molecule has 1 aliphatic rings. The smallest absolute Gasteiger partial charge is 0.300 e. The summed E-state index contributed by atoms with van der Waals surface area (Å²) in [6.45, 7) is 0. The Hall–Kier alpha value is -3.78. The summed E-state index contributed by atoms with van der Waals surface area (Å²) in [5.74, 6) is -2.02. The van der Waals surface area contributed by atoms with Crippen LogP contribution in [0, 0.1) is 10.1 Å². The van der Waals surface area contributed by atoms with E-state index in [4.69, 9.17) is 0 Å². The van der Waals surface area contributed by atoms with E-state index in [0.29, 0.717) is 16.8 Å². The van der Waals surface area contributed by atoms with E-state index in [-0.39, 0.29) is 17.0 Å². The molecule has 0 radical (unpaired) electrons. The van der Waals surface area contributed by atoms with Gasteiger partial charge in [0.05, 0.1) is 16.5 Å². The molecule has 8 heteroatoms. The number of hydrogen-bond acceptors (Lipinski definition) is 5. The highest BCUT2D eigenvalue weighted by Gasteiger charge is 2.47. The molecule has 1 fully saturated rings. The fourth-order valence-electron chi connectivity index (χ4n) is 3.58. The number of carbonyl (C=O) groups excluding carboxylic acids is 2. The molecule has 1 heterocycles. The first kappa shape index (κ1) is 20.5. The highest BCUT2D eigenvalue weighted by atomic mass is 79.9. The van der Waals surface area contributed by atoms with Gasteiger partial charge in [-0.3, -0.25) is 24.6 Å². The Morgan fingerprint density at radius 3 is 2.29 bits per heavy atom. The van der Waals surface area contributed by atoms with Crippen LogP contribution in [0.4, 0.5) is 11.4 Å². The topological polar surface area (TPSA) is 101 Å². The molecule has 3 aromatic rings. The van der Waals surface area contributed by atoms with E-state index in [9.17, 15) is 24.8 Å². The minimum atomic E-state index is -1.03. The van der Waals surface area contributed by atoms with Crippen LogP contribution in [-0.4, -0.2) is 21.7 Å². The number of Topliss-reactive ketones (excluding diaryl/α,β-unsaturated/α-hetero) is 1. The van der Waals surface area contributed by atoms with E-state index in [2.05, 4.69) is 15.9 Å². The lowest BCUT2D eigenvalue weighted by atomic mass is 9.95. The Bertz CT molecular complexity index is 1220. The van der Waals surface area contributed by atoms with E-state index in [1.165, 1.54) is 23.1 Å². The maximum atomic E-state index is 13.0. The molecule has 0 bridgehead atoms. The van der Waals surface area contributed by atoms with Gasteiger partial charge >= 0.3 is 0 Å². The molecule has 1 saturated heterocycles. The molecule has 0 spiro atoms. The number of ketones is 1. The number of aliphatic hydroxyl groups excluding tert-OH is 1. The number of non-ortho nitro benzene ring substituents is 1. The van der Waals surface area contributed by atoms with Crippen LogP contribution >= 0.6 is 15.9 Å². The Morgan fingerprint density at radius 2 is 1.65 bits per heavy atom. The van der Waals surface area contributed by atoms with Gasteiger partial charge in [-0.15, -0.1) is 0 Å². The van der Waals surface area contributed by atoms with Crippen molar-refractivity contribution >= 4 is 44.8 Å². The molecule has 0 saturated carbocycles. The standard InChI is InChI=1S/C23H15BrN2O5/c24-16-9-11-17(12-10-16)25-20(15-7-4-8-18(13-15)26(30)31)19(22(28)23(25)29)21(27)14-5-2-1-3-6-14/h1-13,20,27H/b21-19+/t20-/m1/s1. The number of hydrogen-bond donors (Lipinski definition) is 1. The summed E-state index contributed by atoms with van der Waals surface area (Å²) >= 11 is 3.34. The van der Waals surface area contributed by atoms with Crippen molar-refractivity contribution in [1.82, 2.24) is 0 Å². The van der Waals surface area contributed by atoms with Crippen molar-refractivity contribution < 1.29 is 19.6 Å². The van der Waals surface area contributed by atoms with Crippen molar-refractivity contribution in [2.45, 2.75) is 6.04 Å². The number of rotatable bonds is 4. The summed E-state index contributed by atoms with van der Waals surface area (Å²) in [5.41, 5.74) is 0.827. The summed E-state index contributed by atoms with van der Waals surface area (Å²) in [4.78, 5) is 38.1. The first-order valence-electron chi connectivity index (χ1n) is 9.25. The van der Waals surface area contributed by atoms with Crippen LogP contribution in [0.15, 0.2) is 88.9 Å². The minimum absolute atomic E-state index is 0.125. The number of nitrogens with zero attached hydrogens (tertiary/aromatic N) is 2. The molecular formula is C23H15BrN2O5. The van der Waals surface area contributed by atoms with E-state index in [1.807, 2.05) is 0 Å². The van der Waals surface area contributed by atoms with E-state index >= 15 is 0 Å². The third kappa shape index (κ3) is 3.73. The Balaban J connectivity index is 1.97. The van der Waals surface area contributed by atoms with Crippen LogP contribution in [0.2, 0.25) is 0 Å². The Labute approximate surface area is 185 Å². The molecule has 1 amide bonds. The Morgan fingerprint density at radius 1 is 0.968 bits per heavy atom. The number of amides is 1. The largest absolute Gasteiger partial charge is 0.507 e. The number of aliphatic hydroxyl groups is 1. The Kier molecular flexibility index (Phi) is 5.39. The lowest BCUT2D eigenvalue weighted by molar-refractivity contribution is -0.384. The molecule has 1 N–H and O–H groups in total. The fourth-order valence-corrected chi connectivity index (χ4v) is 3.84. The summed E-state index contributed by atoms with van der Waals surface area (Å²) < 4.78 is 0.781. The first-order valence-corrected chi connectivity index (χ1v) is 10.0. The number of benzene rings is 3. The normalized spacial score (nSPS) is 17.7. The second kappa shape index (κ2) is 8.16. The summed E-state index contributed by atoms with van der Waals surface area (Å²) in [6, 6.07) is 19.8. The SMILES string of the molecule is O=C1C(=O)N(c2ccc(Br)cc2)[C@H](c2cccc([N+](=O)[O-])c2)/C1=C(\O)c1ccccc1. The molecule has 4 rings (SSSR count). The molecule has 0 aromatic heterocycles. The zero-order chi connectivity index (χ0) is 22.1. The monoisotopic (exact) mass is 478 g/mol. The highest BCUT2D eigenvalue weighted by molar-refractivity contribution is 9.10. The predicted octanol–water partition coefficient (Wildman–Crippen LogP) is 4.98. The van der Waals surface area contributed by atoms with E-state index in [0.717, 1.165) is 4.47 Å². The van der Waals surface area contributed by atoms with Crippen LogP contribution < -0.4 is 4.90 Å². The average molecular weight is 479 g/mol. The highest BCUT2D eigenvalue weighted by Crippen LogP contribution is 2.42. The summed E-state index contributed by atoms with van der Waals surface area (Å²) in [7, 11) is 0. The molecular weight excluding hydrogens is 464 g/mol. The maximum Gasteiger partial charge on any atom is 0.300 e. The van der Waals surface area contributed by atoms with Gasteiger partial charge in [0.1, 0.15) is 5.76 Å². The first-order chi connectivity index (χ1) is 14.9. The average Bonchev–Trinajstić information content (AvgIpc) is 3.05. The molecule has 1 aliphatic heterocycles. The third-order valence-corrected chi connectivity index (χ3v) is 5.52. The minimum Gasteiger partial charge on any atom is -0.507 e. The molecule has 1 atom stereocenters. The lowest BCUT2D eigenvalue weighted by Gasteiger charge is -2.25. The summed E-state index contributed by atoms with van der Waals surface area (Å²) in [6.07, 6.45) is 0. The van der Waals surface area contributed by atoms with Crippen molar-refractivity contribution in [3.8, 4) is 0 Å². The number of carbonyl (C=O) groups is 2. The van der Waals surface area contributed by atoms with E-state index in [1.54, 1.807) is 60.7 Å². The molecule has 0 unspecified atom stereocenters. The second-order valence-corrected chi connectivity index (χ2v) is 7.78. The van der Waals surface area contributed by atoms with Crippen molar-refractivity contribution in [2.24, 2.45) is 0 Å². The molecule has 3 aromatic carbocycles. The van der Waals surface area contributed by atoms with Crippen LogP contribution in [0.25, 0.3) is 5.76 Å². The van der Waals surface area contributed by atoms with Crippen molar-refractivity contribution in [3.63, 3.8) is 0 Å². The number of anilines is 1. The van der Waals surface area contributed by atoms with Gasteiger partial charge in [0.25, 0.3) is 17.4 Å². The summed E-state index contributed by atoms with van der Waals surface area (Å²) in [5, 5.41) is 22.3. The van der Waals surface area contributed by atoms with Gasteiger partial charge in [0.2, 0.25) is 0 Å². The number of nitro benzene ring substituents is 1. The molecule has 0 aliphatic carbocycles. The van der Waals surface area contributed by atoms with Crippen LogP contribution in [-0.2, 0) is 9.59 Å². The predicted molar refractivity (Wildman–Crippen MR) is 118 cm³/mol. The van der Waals surface area contributed by atoms with Crippen molar-refractivity contribution in [3.05, 3.63) is 110 Å². The van der Waals surface area contributed by atoms with Gasteiger partial charge in [0, 0.05) is 27.9 Å². The van der Waals surface area contributed by atoms with Crippen molar-refractivity contribution in [2.75, 3.05) is 4.90 Å². The number of halogens is 1. The van der Waals surface area contributed by atoms with Gasteiger partial charge in [-0.2, -0.15) is 0 Å². The van der Waals surface area contributed by atoms with Crippen LogP contribution in [0.5, 0.6) is 0 Å². The molecule has 7 nitrogen and oxygen atoms in total. The third-order valence-electron chi connectivity index (χ3n) is 4.99. The van der Waals surface area contributed by atoms with Gasteiger partial charge < -0.3 is 5.11 Å². The fraction of sp³-hybridized carbons (Fsp3) is 0.0435. The van der Waals surface area contributed by atoms with Crippen LogP contribution in [0.3, 0.4) is 0 Å². The van der Waals surface area contributed by atoms with Gasteiger partial charge in [0.15, 0.2) is 0 Å². The lowest BCUT2D eigenvalue weighted by Crippen LogP contribution is -2.29.